The van der Waals surface area contributed by atoms with Crippen LogP contribution < -0.4 is 10.2 Å². The van der Waals surface area contributed by atoms with E-state index in [1.165, 1.54) is 6.42 Å². The van der Waals surface area contributed by atoms with E-state index in [2.05, 4.69) is 48.2 Å². The molecule has 1 aromatic rings. The Kier molecular flexibility index (Phi) is 6.00. The van der Waals surface area contributed by atoms with Crippen LogP contribution in [0.5, 0.6) is 0 Å². The van der Waals surface area contributed by atoms with Crippen LogP contribution >= 0.6 is 0 Å². The van der Waals surface area contributed by atoms with Crippen LogP contribution in [-0.4, -0.2) is 35.8 Å². The molecule has 2 rings (SSSR count). The average molecular weight is 291 g/mol. The number of aliphatic hydroxyl groups is 1. The highest BCUT2D eigenvalue weighted by molar-refractivity contribution is 5.45. The lowest BCUT2D eigenvalue weighted by Gasteiger charge is -2.36. The standard InChI is InChI=1S/C17H29N3O/c1-4-11-18-13(2)15-10-9-14(12-19-15)20(3)16-7-5-6-8-17(16)21/h9-10,12-13,16-18,21H,4-8,11H2,1-3H3. The van der Waals surface area contributed by atoms with Crippen LogP contribution in [0.15, 0.2) is 18.3 Å². The summed E-state index contributed by atoms with van der Waals surface area (Å²) < 4.78 is 0. The first kappa shape index (κ1) is 16.2. The molecule has 0 spiro atoms. The number of hydrogen-bond acceptors (Lipinski definition) is 4. The molecule has 0 saturated heterocycles. The molecule has 3 atom stereocenters. The number of aromatic nitrogens is 1. The molecule has 3 unspecified atom stereocenters. The molecule has 1 aliphatic carbocycles. The molecule has 118 valence electrons. The molecular weight excluding hydrogens is 262 g/mol. The predicted molar refractivity (Wildman–Crippen MR) is 87.6 cm³/mol. The fraction of sp³-hybridized carbons (Fsp3) is 0.706. The van der Waals surface area contributed by atoms with Crippen LogP contribution in [0.2, 0.25) is 0 Å². The molecule has 4 nitrogen and oxygen atoms in total. The van der Waals surface area contributed by atoms with E-state index in [4.69, 9.17) is 0 Å². The van der Waals surface area contributed by atoms with Gasteiger partial charge in [-0.25, -0.2) is 0 Å². The summed E-state index contributed by atoms with van der Waals surface area (Å²) in [6.07, 6.45) is 7.17. The van der Waals surface area contributed by atoms with Gasteiger partial charge in [0.15, 0.2) is 0 Å². The van der Waals surface area contributed by atoms with Gasteiger partial charge in [0.25, 0.3) is 0 Å². The number of hydrogen-bond donors (Lipinski definition) is 2. The topological polar surface area (TPSA) is 48.4 Å². The third-order valence-corrected chi connectivity index (χ3v) is 4.51. The first-order valence-corrected chi connectivity index (χ1v) is 8.23. The van der Waals surface area contributed by atoms with Crippen LogP contribution in [0.25, 0.3) is 0 Å². The van der Waals surface area contributed by atoms with Gasteiger partial charge in [0, 0.05) is 13.1 Å². The van der Waals surface area contributed by atoms with Crippen LogP contribution in [0, 0.1) is 0 Å². The highest BCUT2D eigenvalue weighted by atomic mass is 16.3. The summed E-state index contributed by atoms with van der Waals surface area (Å²) in [6, 6.07) is 4.72. The minimum Gasteiger partial charge on any atom is -0.391 e. The van der Waals surface area contributed by atoms with Crippen molar-refractivity contribution in [2.45, 2.75) is 64.1 Å². The number of rotatable bonds is 6. The molecule has 1 fully saturated rings. The number of nitrogens with one attached hydrogen (secondary N) is 1. The SMILES string of the molecule is CCCNC(C)c1ccc(N(C)C2CCCCC2O)cn1. The van der Waals surface area contributed by atoms with Gasteiger partial charge in [0.1, 0.15) is 0 Å². The number of pyridine rings is 1. The van der Waals surface area contributed by atoms with Gasteiger partial charge in [-0.15, -0.1) is 0 Å². The molecule has 0 amide bonds. The molecule has 1 saturated carbocycles. The van der Waals surface area contributed by atoms with Crippen LogP contribution in [-0.2, 0) is 0 Å². The molecule has 2 N–H and O–H groups in total. The number of anilines is 1. The molecule has 0 bridgehead atoms. The van der Waals surface area contributed by atoms with Crippen LogP contribution in [0.3, 0.4) is 0 Å². The second-order valence-electron chi connectivity index (χ2n) is 6.15. The van der Waals surface area contributed by atoms with Crippen molar-refractivity contribution in [2.75, 3.05) is 18.5 Å². The molecule has 0 aliphatic heterocycles. The lowest BCUT2D eigenvalue weighted by Crippen LogP contribution is -2.43. The number of likely N-dealkylation sites (N-methyl/N-ethyl adjacent to an activating group) is 1. The summed E-state index contributed by atoms with van der Waals surface area (Å²) in [5, 5.41) is 13.6. The zero-order chi connectivity index (χ0) is 15.2. The van der Waals surface area contributed by atoms with E-state index in [1.54, 1.807) is 0 Å². The highest BCUT2D eigenvalue weighted by Gasteiger charge is 2.26. The van der Waals surface area contributed by atoms with Crippen molar-refractivity contribution in [1.29, 1.82) is 0 Å². The molecule has 21 heavy (non-hydrogen) atoms. The second-order valence-corrected chi connectivity index (χ2v) is 6.15. The smallest absolute Gasteiger partial charge is 0.0743 e. The van der Waals surface area contributed by atoms with Gasteiger partial charge in [0.2, 0.25) is 0 Å². The number of nitrogens with zero attached hydrogens (tertiary/aromatic N) is 2. The van der Waals surface area contributed by atoms with E-state index in [1.807, 2.05) is 6.20 Å². The molecule has 0 aromatic carbocycles. The zero-order valence-electron chi connectivity index (χ0n) is 13.5. The molecule has 1 heterocycles. The third-order valence-electron chi connectivity index (χ3n) is 4.51. The minimum atomic E-state index is -0.214. The Morgan fingerprint density at radius 3 is 2.76 bits per heavy atom. The Morgan fingerprint density at radius 2 is 2.14 bits per heavy atom. The summed E-state index contributed by atoms with van der Waals surface area (Å²) in [6.45, 7) is 5.33. The summed E-state index contributed by atoms with van der Waals surface area (Å²) in [4.78, 5) is 6.77. The van der Waals surface area contributed by atoms with Crippen molar-refractivity contribution in [1.82, 2.24) is 10.3 Å². The maximum absolute atomic E-state index is 10.2. The quantitative estimate of drug-likeness (QED) is 0.846. The number of aliphatic hydroxyl groups excluding tert-OH is 1. The monoisotopic (exact) mass is 291 g/mol. The van der Waals surface area contributed by atoms with E-state index in [0.717, 1.165) is 43.6 Å². The lowest BCUT2D eigenvalue weighted by atomic mass is 9.91. The first-order valence-electron chi connectivity index (χ1n) is 8.23. The van der Waals surface area contributed by atoms with Gasteiger partial charge in [0.05, 0.1) is 29.7 Å². The Bertz CT molecular complexity index is 421. The van der Waals surface area contributed by atoms with Crippen LogP contribution in [0.1, 0.15) is 57.7 Å². The summed E-state index contributed by atoms with van der Waals surface area (Å²) in [5.74, 6) is 0. The van der Waals surface area contributed by atoms with Crippen molar-refractivity contribution in [3.63, 3.8) is 0 Å². The van der Waals surface area contributed by atoms with Crippen molar-refractivity contribution < 1.29 is 5.11 Å². The fourth-order valence-electron chi connectivity index (χ4n) is 3.06. The van der Waals surface area contributed by atoms with E-state index in [9.17, 15) is 5.11 Å². The van der Waals surface area contributed by atoms with Crippen molar-refractivity contribution >= 4 is 5.69 Å². The van der Waals surface area contributed by atoms with Gasteiger partial charge in [-0.3, -0.25) is 4.98 Å². The average Bonchev–Trinajstić information content (AvgIpc) is 2.52. The van der Waals surface area contributed by atoms with Gasteiger partial charge in [-0.05, 0) is 44.9 Å². The molecule has 0 radical (unpaired) electrons. The Balaban J connectivity index is 2.00. The molecular formula is C17H29N3O. The Labute approximate surface area is 128 Å². The molecule has 1 aliphatic rings. The Morgan fingerprint density at radius 1 is 1.38 bits per heavy atom. The zero-order valence-corrected chi connectivity index (χ0v) is 13.5. The van der Waals surface area contributed by atoms with Crippen molar-refractivity contribution in [3.05, 3.63) is 24.0 Å². The van der Waals surface area contributed by atoms with E-state index < -0.39 is 0 Å². The van der Waals surface area contributed by atoms with Gasteiger partial charge >= 0.3 is 0 Å². The maximum Gasteiger partial charge on any atom is 0.0743 e. The molecule has 1 aromatic heterocycles. The fourth-order valence-corrected chi connectivity index (χ4v) is 3.06. The van der Waals surface area contributed by atoms with E-state index in [0.29, 0.717) is 0 Å². The summed E-state index contributed by atoms with van der Waals surface area (Å²) in [5.41, 5.74) is 2.16. The third kappa shape index (κ3) is 4.17. The van der Waals surface area contributed by atoms with E-state index >= 15 is 0 Å². The minimum absolute atomic E-state index is 0.214. The second kappa shape index (κ2) is 7.76. The first-order chi connectivity index (χ1) is 10.1. The van der Waals surface area contributed by atoms with E-state index in [-0.39, 0.29) is 18.2 Å². The van der Waals surface area contributed by atoms with Crippen LogP contribution in [0.4, 0.5) is 5.69 Å². The normalized spacial score (nSPS) is 23.8. The van der Waals surface area contributed by atoms with Gasteiger partial charge in [-0.2, -0.15) is 0 Å². The maximum atomic E-state index is 10.2. The highest BCUT2D eigenvalue weighted by Crippen LogP contribution is 2.26. The largest absolute Gasteiger partial charge is 0.391 e. The lowest BCUT2D eigenvalue weighted by molar-refractivity contribution is 0.106. The van der Waals surface area contributed by atoms with Crippen molar-refractivity contribution in [2.24, 2.45) is 0 Å². The van der Waals surface area contributed by atoms with Gasteiger partial charge in [-0.1, -0.05) is 19.8 Å². The summed E-state index contributed by atoms with van der Waals surface area (Å²) >= 11 is 0. The Hall–Kier alpha value is -1.13. The summed E-state index contributed by atoms with van der Waals surface area (Å²) in [7, 11) is 2.06. The van der Waals surface area contributed by atoms with Gasteiger partial charge < -0.3 is 15.3 Å². The van der Waals surface area contributed by atoms with Crippen molar-refractivity contribution in [3.8, 4) is 0 Å². The predicted octanol–water partition coefficient (Wildman–Crippen LogP) is 2.88. The molecule has 4 heteroatoms.